The van der Waals surface area contributed by atoms with E-state index in [2.05, 4.69) is 0 Å². The molecule has 6 saturated heterocycles. The molecule has 0 spiro atoms. The van der Waals surface area contributed by atoms with Crippen LogP contribution in [0.1, 0.15) is 19.3 Å². The minimum Gasteiger partial charge on any atom is -0.396 e. The van der Waals surface area contributed by atoms with Gasteiger partial charge in [0.05, 0.1) is 0 Å². The molecule has 0 saturated carbocycles. The lowest BCUT2D eigenvalue weighted by atomic mass is 10.5. The van der Waals surface area contributed by atoms with Crippen molar-refractivity contribution in [1.82, 2.24) is 0 Å². The molecule has 0 aliphatic carbocycles. The van der Waals surface area contributed by atoms with Crippen molar-refractivity contribution in [3.8, 4) is 0 Å². The second kappa shape index (κ2) is 9.86. The highest BCUT2D eigenvalue weighted by Crippen LogP contribution is 2.50. The summed E-state index contributed by atoms with van der Waals surface area (Å²) in [4.78, 5) is 0. The van der Waals surface area contributed by atoms with Gasteiger partial charge in [-0.2, -0.15) is 0 Å². The topological polar surface area (TPSA) is 171 Å². The molecule has 37 heavy (non-hydrogen) atoms. The molecule has 6 aliphatic heterocycles. The molecule has 0 aromatic rings. The summed E-state index contributed by atoms with van der Waals surface area (Å²) < 4.78 is 80.2. The Balaban J connectivity index is 1.74. The van der Waals surface area contributed by atoms with Crippen LogP contribution in [0.3, 0.4) is 0 Å². The molecule has 15 nitrogen and oxygen atoms in total. The predicted octanol–water partition coefficient (Wildman–Crippen LogP) is 0.0610. The Morgan fingerprint density at radius 1 is 0.351 bits per heavy atom. The minimum atomic E-state index is -3.84. The summed E-state index contributed by atoms with van der Waals surface area (Å²) in [6, 6.07) is 0.635. The van der Waals surface area contributed by atoms with Gasteiger partial charge >= 0.3 is 70.4 Å². The van der Waals surface area contributed by atoms with Gasteiger partial charge in [-0.05, 0) is 19.3 Å². The van der Waals surface area contributed by atoms with Crippen LogP contribution in [0.5, 0.6) is 0 Å². The van der Waals surface area contributed by atoms with Crippen molar-refractivity contribution in [2.45, 2.75) is 70.1 Å². The van der Waals surface area contributed by atoms with Gasteiger partial charge in [0, 0.05) is 70.7 Å². The maximum absolute atomic E-state index is 9.72. The van der Waals surface area contributed by atoms with Gasteiger partial charge in [-0.3, -0.25) is 0 Å². The van der Waals surface area contributed by atoms with Crippen molar-refractivity contribution < 1.29 is 64.7 Å². The van der Waals surface area contributed by atoms with E-state index < -0.39 is 70.4 Å². The molecule has 23 heteroatoms. The smallest absolute Gasteiger partial charge is 0.396 e. The summed E-state index contributed by atoms with van der Waals surface area (Å²) >= 11 is 0. The summed E-state index contributed by atoms with van der Waals surface area (Å²) in [7, 11) is -29.9. The molecule has 4 unspecified atom stereocenters. The van der Waals surface area contributed by atoms with Crippen LogP contribution < -0.4 is 0 Å². The van der Waals surface area contributed by atoms with Crippen molar-refractivity contribution >= 4 is 70.4 Å². The third-order valence-corrected chi connectivity index (χ3v) is 42.4. The third-order valence-electron chi connectivity index (χ3n) is 6.10. The second-order valence-electron chi connectivity index (χ2n) is 10.1. The molecule has 6 rings (SSSR count). The molecule has 0 radical (unpaired) electrons. The Morgan fingerprint density at radius 3 is 0.811 bits per heavy atom. The number of rotatable bonds is 9. The van der Waals surface area contributed by atoms with Crippen molar-refractivity contribution in [1.29, 1.82) is 0 Å². The van der Waals surface area contributed by atoms with E-state index in [1.54, 1.807) is 32.7 Å². The number of hydrogen-bond donors (Lipinski definition) is 3. The van der Waals surface area contributed by atoms with E-state index in [1.807, 2.05) is 0 Å². The van der Waals surface area contributed by atoms with Crippen LogP contribution in [0.25, 0.3) is 0 Å². The summed E-state index contributed by atoms with van der Waals surface area (Å²) in [5.41, 5.74) is 0. The molecular formula is C14H36O15Si8. The molecule has 8 bridgehead atoms. The van der Waals surface area contributed by atoms with E-state index in [0.717, 1.165) is 0 Å². The van der Waals surface area contributed by atoms with Crippen molar-refractivity contribution in [2.24, 2.45) is 0 Å². The average molecular weight is 669 g/mol. The van der Waals surface area contributed by atoms with Gasteiger partial charge in [0.15, 0.2) is 0 Å². The lowest BCUT2D eigenvalue weighted by molar-refractivity contribution is -0.0235. The lowest BCUT2D eigenvalue weighted by Gasteiger charge is -2.61. The van der Waals surface area contributed by atoms with Crippen molar-refractivity contribution in [3.63, 3.8) is 0 Å². The SMILES string of the molecule is C[Si]12O[Si]3(C)O[Si]4(C)O[Si](CCCO)(O1)O[Si]1(C)O[Si](C)(O2)O[Si](CCCO)(O3)O[Si](CCCO)(O4)O1. The molecule has 214 valence electrons. The van der Waals surface area contributed by atoms with Crippen LogP contribution in [0.2, 0.25) is 50.9 Å². The monoisotopic (exact) mass is 668 g/mol. The molecular weight excluding hydrogens is 633 g/mol. The highest BCUT2D eigenvalue weighted by Gasteiger charge is 2.80. The summed E-state index contributed by atoms with van der Waals surface area (Å²) in [6.45, 7) is 8.11. The van der Waals surface area contributed by atoms with Crippen LogP contribution in [0, 0.1) is 0 Å². The van der Waals surface area contributed by atoms with Crippen LogP contribution in [0.15, 0.2) is 0 Å². The van der Waals surface area contributed by atoms with E-state index in [4.69, 9.17) is 49.4 Å². The Morgan fingerprint density at radius 2 is 0.568 bits per heavy atom. The fourth-order valence-corrected chi connectivity index (χ4v) is 52.3. The van der Waals surface area contributed by atoms with E-state index in [-0.39, 0.29) is 38.0 Å². The predicted molar refractivity (Wildman–Crippen MR) is 138 cm³/mol. The minimum absolute atomic E-state index is 0.118. The Bertz CT molecular complexity index is 850. The molecule has 6 aliphatic rings. The molecule has 6 fully saturated rings. The number of aliphatic hydroxyl groups excluding tert-OH is 3. The third kappa shape index (κ3) is 5.90. The standard InChI is InChI=1S/C14H36O15Si8/c1-30-18-31(2)20-33(4)25-35(22-30,12-6-9-15)26-34(5)21-32(3,19-30)24-36(23-31,13-7-10-16)29-37(27-33,28-34)14-8-11-17/h15-17H,6-14H2,1-5H3. The van der Waals surface area contributed by atoms with Crippen LogP contribution in [0.4, 0.5) is 0 Å². The van der Waals surface area contributed by atoms with Crippen molar-refractivity contribution in [2.75, 3.05) is 19.8 Å². The van der Waals surface area contributed by atoms with Gasteiger partial charge in [-0.1, -0.05) is 0 Å². The molecule has 6 heterocycles. The molecule has 0 aromatic carbocycles. The maximum atomic E-state index is 9.72. The zero-order valence-corrected chi connectivity index (χ0v) is 29.6. The fourth-order valence-electron chi connectivity index (χ4n) is 5.41. The zero-order valence-electron chi connectivity index (χ0n) is 21.6. The quantitative estimate of drug-likeness (QED) is 0.282. The Labute approximate surface area is 224 Å². The lowest BCUT2D eigenvalue weighted by Crippen LogP contribution is -2.86. The van der Waals surface area contributed by atoms with Crippen LogP contribution in [-0.2, 0) is 49.4 Å². The fraction of sp³-hybridized carbons (Fsp3) is 1.00. The highest BCUT2D eigenvalue weighted by atomic mass is 28.6. The van der Waals surface area contributed by atoms with Gasteiger partial charge in [0.1, 0.15) is 0 Å². The average Bonchev–Trinajstić information content (AvgIpc) is 2.68. The number of aliphatic hydroxyl groups is 3. The normalized spacial score (nSPS) is 52.9. The van der Waals surface area contributed by atoms with Crippen molar-refractivity contribution in [3.05, 3.63) is 0 Å². The maximum Gasteiger partial charge on any atom is 0.478 e. The van der Waals surface area contributed by atoms with E-state index >= 15 is 0 Å². The first-order chi connectivity index (χ1) is 17.2. The highest BCUT2D eigenvalue weighted by molar-refractivity contribution is 7.02. The number of hydrogen-bond acceptors (Lipinski definition) is 15. The van der Waals surface area contributed by atoms with Gasteiger partial charge < -0.3 is 64.7 Å². The second-order valence-corrected chi connectivity index (χ2v) is 34.1. The molecule has 0 aromatic heterocycles. The first kappa shape index (κ1) is 29.6. The van der Waals surface area contributed by atoms with Crippen LogP contribution in [-0.4, -0.2) is 106 Å². The van der Waals surface area contributed by atoms with E-state index in [1.165, 1.54) is 0 Å². The largest absolute Gasteiger partial charge is 0.478 e. The molecule has 3 N–H and O–H groups in total. The van der Waals surface area contributed by atoms with Gasteiger partial charge in [0.2, 0.25) is 0 Å². The zero-order chi connectivity index (χ0) is 26.8. The first-order valence-corrected chi connectivity index (χ1v) is 29.3. The molecule has 0 amide bonds. The first-order valence-electron chi connectivity index (χ1n) is 12.4. The van der Waals surface area contributed by atoms with Gasteiger partial charge in [-0.15, -0.1) is 0 Å². The van der Waals surface area contributed by atoms with E-state index in [0.29, 0.717) is 19.3 Å². The molecule has 4 atom stereocenters. The van der Waals surface area contributed by atoms with Gasteiger partial charge in [0.25, 0.3) is 0 Å². The summed E-state index contributed by atoms with van der Waals surface area (Å²) in [5.74, 6) is 0. The summed E-state index contributed by atoms with van der Waals surface area (Å²) in [6.07, 6.45) is 0.934. The van der Waals surface area contributed by atoms with Crippen LogP contribution >= 0.6 is 0 Å². The Kier molecular flexibility index (Phi) is 7.89. The summed E-state index contributed by atoms with van der Waals surface area (Å²) in [5, 5.41) is 29.1. The Hall–Kier alpha value is 1.14. The van der Waals surface area contributed by atoms with E-state index in [9.17, 15) is 15.3 Å². The van der Waals surface area contributed by atoms with Gasteiger partial charge in [-0.25, -0.2) is 0 Å².